The number of carbonyl (C=O) groups excluding carboxylic acids is 1. The molecule has 6 nitrogen and oxygen atoms in total. The number of hydrogen-bond acceptors (Lipinski definition) is 4. The second-order valence-corrected chi connectivity index (χ2v) is 7.60. The largest absolute Gasteiger partial charge is 0.481 e. The van der Waals surface area contributed by atoms with E-state index in [-0.39, 0.29) is 12.3 Å². The molecule has 2 rings (SSSR count). The molecule has 0 aliphatic carbocycles. The second kappa shape index (κ2) is 10.2. The molecule has 0 atom stereocenters. The average molecular weight is 365 g/mol. The van der Waals surface area contributed by atoms with E-state index in [1.807, 2.05) is 17.5 Å². The van der Waals surface area contributed by atoms with Gasteiger partial charge in [-0.2, -0.15) is 0 Å². The van der Waals surface area contributed by atoms with Crippen molar-refractivity contribution in [3.8, 4) is 0 Å². The number of unbranched alkanes of at least 4 members (excludes halogenated alkanes) is 7. The number of nitrogens with zero attached hydrogens (tertiary/aromatic N) is 2. The van der Waals surface area contributed by atoms with Crippen LogP contribution in [0.4, 0.5) is 0 Å². The Morgan fingerprint density at radius 3 is 2.36 bits per heavy atom. The van der Waals surface area contributed by atoms with Gasteiger partial charge in [-0.05, 0) is 19.8 Å². The summed E-state index contributed by atoms with van der Waals surface area (Å²) < 4.78 is 1.89. The van der Waals surface area contributed by atoms with Crippen molar-refractivity contribution in [3.05, 3.63) is 23.0 Å². The number of carboxylic acids is 1. The molecule has 2 aromatic heterocycles. The molecule has 7 heteroatoms. The van der Waals surface area contributed by atoms with Crippen LogP contribution in [0.25, 0.3) is 4.96 Å². The van der Waals surface area contributed by atoms with Gasteiger partial charge in [0.15, 0.2) is 4.96 Å². The number of thiazole rings is 1. The molecule has 0 fully saturated rings. The molecule has 1 amide bonds. The summed E-state index contributed by atoms with van der Waals surface area (Å²) in [6.07, 6.45) is 12.5. The van der Waals surface area contributed by atoms with E-state index in [0.29, 0.717) is 12.2 Å². The first kappa shape index (κ1) is 19.4. The Balaban J connectivity index is 1.48. The van der Waals surface area contributed by atoms with Gasteiger partial charge in [-0.25, -0.2) is 4.98 Å². The van der Waals surface area contributed by atoms with E-state index in [1.165, 1.54) is 11.3 Å². The summed E-state index contributed by atoms with van der Waals surface area (Å²) in [5, 5.41) is 11.5. The fourth-order valence-corrected chi connectivity index (χ4v) is 3.58. The standard InChI is InChI=1S/C18H27N3O3S/c1-14-12-21-13-15(20-18(21)25-14)17(24)19-11-9-7-5-3-2-4-6-8-10-16(22)23/h12-13H,2-11H2,1H3,(H,19,24)(H,22,23). The lowest BCUT2D eigenvalue weighted by molar-refractivity contribution is -0.137. The van der Waals surface area contributed by atoms with Crippen LogP contribution in [-0.4, -0.2) is 32.9 Å². The SMILES string of the molecule is Cc1cn2cc(C(=O)NCCCCCCCCCCC(=O)O)nc2s1. The fourth-order valence-electron chi connectivity index (χ4n) is 2.77. The first-order valence-corrected chi connectivity index (χ1v) is 9.83. The van der Waals surface area contributed by atoms with Gasteiger partial charge in [0, 0.05) is 30.2 Å². The third-order valence-electron chi connectivity index (χ3n) is 4.11. The smallest absolute Gasteiger partial charge is 0.303 e. The van der Waals surface area contributed by atoms with Gasteiger partial charge in [-0.3, -0.25) is 14.0 Å². The molecule has 2 heterocycles. The lowest BCUT2D eigenvalue weighted by atomic mass is 10.1. The van der Waals surface area contributed by atoms with Crippen molar-refractivity contribution in [3.63, 3.8) is 0 Å². The number of fused-ring (bicyclic) bond motifs is 1. The summed E-state index contributed by atoms with van der Waals surface area (Å²) in [4.78, 5) is 28.8. The number of aryl methyl sites for hydroxylation is 1. The van der Waals surface area contributed by atoms with Gasteiger partial charge in [-0.15, -0.1) is 11.3 Å². The summed E-state index contributed by atoms with van der Waals surface area (Å²) in [6.45, 7) is 2.71. The van der Waals surface area contributed by atoms with Crippen LogP contribution in [-0.2, 0) is 4.79 Å². The predicted octanol–water partition coefficient (Wildman–Crippen LogP) is 4.03. The van der Waals surface area contributed by atoms with E-state index in [1.54, 1.807) is 17.5 Å². The zero-order chi connectivity index (χ0) is 18.1. The molecule has 2 aromatic rings. The van der Waals surface area contributed by atoms with Gasteiger partial charge >= 0.3 is 5.97 Å². The van der Waals surface area contributed by atoms with Crippen LogP contribution in [0.1, 0.15) is 73.2 Å². The van der Waals surface area contributed by atoms with Crippen LogP contribution in [0.2, 0.25) is 0 Å². The number of imidazole rings is 1. The van der Waals surface area contributed by atoms with Crippen molar-refractivity contribution < 1.29 is 14.7 Å². The molecule has 0 aliphatic rings. The van der Waals surface area contributed by atoms with E-state index in [2.05, 4.69) is 10.3 Å². The molecule has 138 valence electrons. The highest BCUT2D eigenvalue weighted by molar-refractivity contribution is 7.17. The van der Waals surface area contributed by atoms with Crippen molar-refractivity contribution in [1.82, 2.24) is 14.7 Å². The minimum atomic E-state index is -0.701. The number of aliphatic carboxylic acids is 1. The second-order valence-electron chi connectivity index (χ2n) is 6.39. The van der Waals surface area contributed by atoms with Crippen LogP contribution >= 0.6 is 11.3 Å². The van der Waals surface area contributed by atoms with E-state index in [4.69, 9.17) is 5.11 Å². The van der Waals surface area contributed by atoms with Gasteiger partial charge in [0.25, 0.3) is 5.91 Å². The van der Waals surface area contributed by atoms with E-state index in [0.717, 1.165) is 49.9 Å². The Hall–Kier alpha value is -1.89. The highest BCUT2D eigenvalue weighted by Crippen LogP contribution is 2.16. The van der Waals surface area contributed by atoms with Crippen molar-refractivity contribution in [2.45, 2.75) is 64.7 Å². The minimum Gasteiger partial charge on any atom is -0.481 e. The van der Waals surface area contributed by atoms with Crippen LogP contribution in [0.3, 0.4) is 0 Å². The quantitative estimate of drug-likeness (QED) is 0.556. The molecule has 0 unspecified atom stereocenters. The summed E-state index contributed by atoms with van der Waals surface area (Å²) >= 11 is 1.58. The maximum absolute atomic E-state index is 12.1. The third-order valence-corrected chi connectivity index (χ3v) is 5.02. The Kier molecular flexibility index (Phi) is 7.91. The van der Waals surface area contributed by atoms with E-state index >= 15 is 0 Å². The van der Waals surface area contributed by atoms with Crippen molar-refractivity contribution in [2.75, 3.05) is 6.54 Å². The van der Waals surface area contributed by atoms with E-state index < -0.39 is 5.97 Å². The van der Waals surface area contributed by atoms with Crippen LogP contribution in [0.15, 0.2) is 12.4 Å². The Bertz CT molecular complexity index is 661. The molecule has 25 heavy (non-hydrogen) atoms. The van der Waals surface area contributed by atoms with Crippen LogP contribution in [0, 0.1) is 6.92 Å². The molecule has 0 spiro atoms. The van der Waals surface area contributed by atoms with Gasteiger partial charge in [0.1, 0.15) is 5.69 Å². The van der Waals surface area contributed by atoms with Gasteiger partial charge in [0.2, 0.25) is 0 Å². The first-order valence-electron chi connectivity index (χ1n) is 9.01. The molecule has 0 saturated heterocycles. The Morgan fingerprint density at radius 1 is 1.08 bits per heavy atom. The summed E-state index contributed by atoms with van der Waals surface area (Å²) in [5.41, 5.74) is 0.479. The summed E-state index contributed by atoms with van der Waals surface area (Å²) in [6, 6.07) is 0. The topological polar surface area (TPSA) is 83.7 Å². The molecule has 0 radical (unpaired) electrons. The van der Waals surface area contributed by atoms with E-state index in [9.17, 15) is 9.59 Å². The van der Waals surface area contributed by atoms with Crippen molar-refractivity contribution in [2.24, 2.45) is 0 Å². The highest BCUT2D eigenvalue weighted by atomic mass is 32.1. The van der Waals surface area contributed by atoms with Gasteiger partial charge in [0.05, 0.1) is 0 Å². The third kappa shape index (κ3) is 6.86. The van der Waals surface area contributed by atoms with Crippen molar-refractivity contribution in [1.29, 1.82) is 0 Å². The molecule has 2 N–H and O–H groups in total. The maximum atomic E-state index is 12.1. The zero-order valence-electron chi connectivity index (χ0n) is 14.8. The molecule has 0 aromatic carbocycles. The molecule has 0 aliphatic heterocycles. The zero-order valence-corrected chi connectivity index (χ0v) is 15.6. The maximum Gasteiger partial charge on any atom is 0.303 e. The van der Waals surface area contributed by atoms with Gasteiger partial charge in [-0.1, -0.05) is 38.5 Å². The number of nitrogens with one attached hydrogen (secondary N) is 1. The lowest BCUT2D eigenvalue weighted by Gasteiger charge is -2.04. The first-order chi connectivity index (χ1) is 12.1. The number of hydrogen-bond donors (Lipinski definition) is 2. The number of amides is 1. The van der Waals surface area contributed by atoms with Gasteiger partial charge < -0.3 is 10.4 Å². The average Bonchev–Trinajstić information content (AvgIpc) is 3.09. The van der Waals surface area contributed by atoms with Crippen LogP contribution < -0.4 is 5.32 Å². The number of carbonyl (C=O) groups is 2. The fraction of sp³-hybridized carbons (Fsp3) is 0.611. The number of aromatic nitrogens is 2. The Labute approximate surface area is 152 Å². The summed E-state index contributed by atoms with van der Waals surface area (Å²) in [5.74, 6) is -0.806. The predicted molar refractivity (Wildman–Crippen MR) is 99.3 cm³/mol. The monoisotopic (exact) mass is 365 g/mol. The normalized spacial score (nSPS) is 11.1. The Morgan fingerprint density at radius 2 is 1.72 bits per heavy atom. The lowest BCUT2D eigenvalue weighted by Crippen LogP contribution is -2.24. The van der Waals surface area contributed by atoms with Crippen LogP contribution in [0.5, 0.6) is 0 Å². The number of carboxylic acid groups (broad SMARTS) is 1. The van der Waals surface area contributed by atoms with Crippen molar-refractivity contribution >= 4 is 28.2 Å². The molecular formula is C18H27N3O3S. The minimum absolute atomic E-state index is 0.105. The highest BCUT2D eigenvalue weighted by Gasteiger charge is 2.11. The molecular weight excluding hydrogens is 338 g/mol. The summed E-state index contributed by atoms with van der Waals surface area (Å²) in [7, 11) is 0. The molecule has 0 bridgehead atoms. The molecule has 0 saturated carbocycles. The number of rotatable bonds is 12.